The summed E-state index contributed by atoms with van der Waals surface area (Å²) in [4.78, 5) is 6.90. The van der Waals surface area contributed by atoms with E-state index >= 15 is 0 Å². The lowest BCUT2D eigenvalue weighted by molar-refractivity contribution is 0.476. The number of hydrogen-bond donors (Lipinski definition) is 2. The van der Waals surface area contributed by atoms with Crippen LogP contribution in [0.2, 0.25) is 10.0 Å². The van der Waals surface area contributed by atoms with Crippen molar-refractivity contribution in [3.05, 3.63) is 58.1 Å². The fourth-order valence-corrected chi connectivity index (χ4v) is 4.77. The standard InChI is InChI=1S/C18H16Cl2N4S2/c19-14-5-4-13(9-15(14)20)23-17(25)22-12-3-1-2-11(8-12)16-10-24-7-6-21-18(24)26-16/h1-5,8-9,16H,6-7,10H2,(H2,22,23,25). The lowest BCUT2D eigenvalue weighted by Crippen LogP contribution is -2.21. The Hall–Kier alpha value is -1.47. The van der Waals surface area contributed by atoms with Gasteiger partial charge in [-0.1, -0.05) is 47.1 Å². The highest BCUT2D eigenvalue weighted by molar-refractivity contribution is 8.14. The van der Waals surface area contributed by atoms with Gasteiger partial charge in [0, 0.05) is 24.5 Å². The molecule has 4 nitrogen and oxygen atoms in total. The van der Waals surface area contributed by atoms with E-state index in [2.05, 4.69) is 32.7 Å². The zero-order chi connectivity index (χ0) is 18.1. The quantitative estimate of drug-likeness (QED) is 0.659. The Morgan fingerprint density at radius 1 is 1.12 bits per heavy atom. The molecule has 4 rings (SSSR count). The molecule has 0 spiro atoms. The molecule has 0 aromatic heterocycles. The van der Waals surface area contributed by atoms with Crippen LogP contribution in [0, 0.1) is 0 Å². The number of anilines is 2. The van der Waals surface area contributed by atoms with Crippen LogP contribution in [0.3, 0.4) is 0 Å². The first-order valence-electron chi connectivity index (χ1n) is 8.17. The number of nitrogens with one attached hydrogen (secondary N) is 2. The van der Waals surface area contributed by atoms with E-state index in [0.717, 1.165) is 31.0 Å². The van der Waals surface area contributed by atoms with Crippen LogP contribution in [0.1, 0.15) is 10.8 Å². The van der Waals surface area contributed by atoms with Crippen LogP contribution in [-0.2, 0) is 0 Å². The van der Waals surface area contributed by atoms with Crippen LogP contribution in [-0.4, -0.2) is 34.8 Å². The first-order chi connectivity index (χ1) is 12.6. The minimum absolute atomic E-state index is 0.410. The molecule has 2 aromatic carbocycles. The van der Waals surface area contributed by atoms with E-state index in [0.29, 0.717) is 20.4 Å². The van der Waals surface area contributed by atoms with Crippen molar-refractivity contribution in [3.63, 3.8) is 0 Å². The number of thiocarbonyl (C=S) groups is 1. The number of nitrogens with zero attached hydrogens (tertiary/aromatic N) is 2. The molecule has 2 N–H and O–H groups in total. The van der Waals surface area contributed by atoms with Crippen LogP contribution < -0.4 is 10.6 Å². The van der Waals surface area contributed by atoms with Crippen molar-refractivity contribution in [1.82, 2.24) is 4.90 Å². The van der Waals surface area contributed by atoms with Crippen molar-refractivity contribution in [2.75, 3.05) is 30.3 Å². The molecule has 0 aliphatic carbocycles. The smallest absolute Gasteiger partial charge is 0.175 e. The fraction of sp³-hybridized carbons (Fsp3) is 0.222. The molecule has 1 fully saturated rings. The second-order valence-corrected chi connectivity index (χ2v) is 8.44. The van der Waals surface area contributed by atoms with Crippen LogP contribution in [0.5, 0.6) is 0 Å². The van der Waals surface area contributed by atoms with E-state index in [1.54, 1.807) is 12.1 Å². The van der Waals surface area contributed by atoms with Crippen molar-refractivity contribution < 1.29 is 0 Å². The molecule has 0 amide bonds. The van der Waals surface area contributed by atoms with Crippen molar-refractivity contribution >= 4 is 68.8 Å². The Balaban J connectivity index is 1.42. The van der Waals surface area contributed by atoms with Gasteiger partial charge in [0.25, 0.3) is 0 Å². The summed E-state index contributed by atoms with van der Waals surface area (Å²) >= 11 is 19.2. The van der Waals surface area contributed by atoms with Crippen molar-refractivity contribution in [3.8, 4) is 0 Å². The second kappa shape index (κ2) is 7.64. The van der Waals surface area contributed by atoms with Gasteiger partial charge in [-0.2, -0.15) is 0 Å². The fourth-order valence-electron chi connectivity index (χ4n) is 2.97. The third kappa shape index (κ3) is 3.93. The minimum Gasteiger partial charge on any atom is -0.348 e. The van der Waals surface area contributed by atoms with Crippen molar-refractivity contribution in [1.29, 1.82) is 0 Å². The summed E-state index contributed by atoms with van der Waals surface area (Å²) in [5.41, 5.74) is 3.02. The highest BCUT2D eigenvalue weighted by Crippen LogP contribution is 2.40. The Kier molecular flexibility index (Phi) is 5.27. The van der Waals surface area contributed by atoms with Gasteiger partial charge in [0.1, 0.15) is 0 Å². The Morgan fingerprint density at radius 3 is 2.69 bits per heavy atom. The van der Waals surface area contributed by atoms with Gasteiger partial charge in [0.2, 0.25) is 0 Å². The number of halogens is 2. The summed E-state index contributed by atoms with van der Waals surface area (Å²) in [6.45, 7) is 2.97. The van der Waals surface area contributed by atoms with Gasteiger partial charge in [0.15, 0.2) is 10.3 Å². The average Bonchev–Trinajstić information content (AvgIpc) is 3.20. The number of thioether (sulfide) groups is 1. The van der Waals surface area contributed by atoms with Gasteiger partial charge < -0.3 is 15.5 Å². The number of fused-ring (bicyclic) bond motifs is 1. The lowest BCUT2D eigenvalue weighted by atomic mass is 10.1. The first-order valence-corrected chi connectivity index (χ1v) is 10.2. The summed E-state index contributed by atoms with van der Waals surface area (Å²) in [6.07, 6.45) is 0. The monoisotopic (exact) mass is 422 g/mol. The van der Waals surface area contributed by atoms with E-state index in [4.69, 9.17) is 35.4 Å². The van der Waals surface area contributed by atoms with Crippen molar-refractivity contribution in [2.24, 2.45) is 4.99 Å². The largest absolute Gasteiger partial charge is 0.348 e. The average molecular weight is 423 g/mol. The number of benzene rings is 2. The molecule has 0 bridgehead atoms. The Bertz CT molecular complexity index is 887. The maximum absolute atomic E-state index is 6.04. The van der Waals surface area contributed by atoms with Crippen LogP contribution in [0.15, 0.2) is 47.5 Å². The predicted molar refractivity (Wildman–Crippen MR) is 117 cm³/mol. The molecule has 1 saturated heterocycles. The third-order valence-electron chi connectivity index (χ3n) is 4.22. The molecule has 1 unspecified atom stereocenters. The zero-order valence-corrected chi connectivity index (χ0v) is 16.9. The van der Waals surface area contributed by atoms with Crippen LogP contribution >= 0.6 is 47.2 Å². The van der Waals surface area contributed by atoms with E-state index in [1.807, 2.05) is 30.0 Å². The van der Waals surface area contributed by atoms with Gasteiger partial charge in [0.05, 0.1) is 21.8 Å². The van der Waals surface area contributed by atoms with Gasteiger partial charge in [-0.25, -0.2) is 0 Å². The van der Waals surface area contributed by atoms with Crippen molar-refractivity contribution in [2.45, 2.75) is 5.25 Å². The van der Waals surface area contributed by atoms with Gasteiger partial charge in [-0.3, -0.25) is 4.99 Å². The highest BCUT2D eigenvalue weighted by Gasteiger charge is 2.32. The molecule has 0 radical (unpaired) electrons. The number of hydrogen-bond acceptors (Lipinski definition) is 4. The SMILES string of the molecule is S=C(Nc1cccc(C2CN3CCN=C3S2)c1)Nc1ccc(Cl)c(Cl)c1. The molecule has 8 heteroatoms. The molecule has 2 aliphatic heterocycles. The molecule has 0 saturated carbocycles. The summed E-state index contributed by atoms with van der Waals surface area (Å²) in [5.74, 6) is 0. The molecule has 1 atom stereocenters. The molecule has 2 aromatic rings. The summed E-state index contributed by atoms with van der Waals surface area (Å²) in [5, 5.41) is 9.45. The maximum atomic E-state index is 6.04. The molecular formula is C18H16Cl2N4S2. The Morgan fingerprint density at radius 2 is 1.92 bits per heavy atom. The number of rotatable bonds is 3. The normalized spacial score (nSPS) is 18.5. The molecule has 134 valence electrons. The topological polar surface area (TPSA) is 39.7 Å². The van der Waals surface area contributed by atoms with E-state index in [-0.39, 0.29) is 0 Å². The highest BCUT2D eigenvalue weighted by atomic mass is 35.5. The Labute approximate surface area is 172 Å². The number of aliphatic imine (C=N–C) groups is 1. The van der Waals surface area contributed by atoms with Gasteiger partial charge in [-0.05, 0) is 48.1 Å². The second-order valence-electron chi connectivity index (χ2n) is 6.05. The molecule has 2 aliphatic rings. The summed E-state index contributed by atoms with van der Waals surface area (Å²) < 4.78 is 0. The van der Waals surface area contributed by atoms with Gasteiger partial charge in [-0.15, -0.1) is 0 Å². The lowest BCUT2D eigenvalue weighted by Gasteiger charge is -2.15. The molecule has 26 heavy (non-hydrogen) atoms. The van der Waals surface area contributed by atoms with E-state index in [1.165, 1.54) is 10.7 Å². The zero-order valence-electron chi connectivity index (χ0n) is 13.7. The number of amidine groups is 1. The predicted octanol–water partition coefficient (Wildman–Crippen LogP) is 5.26. The summed E-state index contributed by atoms with van der Waals surface area (Å²) in [6, 6.07) is 13.7. The maximum Gasteiger partial charge on any atom is 0.175 e. The first kappa shape index (κ1) is 17.9. The molecular weight excluding hydrogens is 407 g/mol. The summed E-state index contributed by atoms with van der Waals surface area (Å²) in [7, 11) is 0. The van der Waals surface area contributed by atoms with Crippen LogP contribution in [0.4, 0.5) is 11.4 Å². The minimum atomic E-state index is 0.410. The van der Waals surface area contributed by atoms with Gasteiger partial charge >= 0.3 is 0 Å². The van der Waals surface area contributed by atoms with Crippen LogP contribution in [0.25, 0.3) is 0 Å². The van der Waals surface area contributed by atoms with E-state index in [9.17, 15) is 0 Å². The molecule has 2 heterocycles. The third-order valence-corrected chi connectivity index (χ3v) is 6.46. The van der Waals surface area contributed by atoms with E-state index < -0.39 is 0 Å².